The van der Waals surface area contributed by atoms with Crippen LogP contribution in [-0.2, 0) is 4.79 Å². The Kier molecular flexibility index (Phi) is 5.22. The molecular formula is C8H16O2. The highest BCUT2D eigenvalue weighted by Crippen LogP contribution is 2.07. The van der Waals surface area contributed by atoms with E-state index in [2.05, 4.69) is 13.8 Å². The molecule has 1 unspecified atom stereocenters. The molecule has 0 heterocycles. The number of carbonyl (C=O) groups is 1. The maximum absolute atomic E-state index is 9.93. The molecule has 0 aromatic rings. The number of rotatable bonds is 5. The van der Waals surface area contributed by atoms with Gasteiger partial charge < -0.3 is 9.90 Å². The highest BCUT2D eigenvalue weighted by molar-refractivity contribution is 5.55. The molecule has 0 aliphatic carbocycles. The molecule has 0 aromatic heterocycles. The third-order valence-corrected chi connectivity index (χ3v) is 1.44. The summed E-state index contributed by atoms with van der Waals surface area (Å²) in [6, 6.07) is 0. The van der Waals surface area contributed by atoms with E-state index in [1.165, 1.54) is 0 Å². The second kappa shape index (κ2) is 5.42. The van der Waals surface area contributed by atoms with Gasteiger partial charge in [0.1, 0.15) is 12.4 Å². The minimum Gasteiger partial charge on any atom is -0.386 e. The minimum absolute atomic E-state index is 0.598. The molecule has 60 valence electrons. The lowest BCUT2D eigenvalue weighted by atomic mass is 10.0. The normalized spacial score (nSPS) is 13.6. The number of aliphatic hydroxyl groups is 1. The molecule has 2 nitrogen and oxygen atoms in total. The summed E-state index contributed by atoms with van der Waals surface area (Å²) in [6.07, 6.45) is 2.50. The van der Waals surface area contributed by atoms with Crippen LogP contribution in [-0.4, -0.2) is 17.5 Å². The number of hydrogen-bond donors (Lipinski definition) is 1. The van der Waals surface area contributed by atoms with E-state index < -0.39 is 6.10 Å². The molecule has 0 rings (SSSR count). The van der Waals surface area contributed by atoms with Crippen LogP contribution in [0.5, 0.6) is 0 Å². The molecule has 10 heavy (non-hydrogen) atoms. The lowest BCUT2D eigenvalue weighted by Gasteiger charge is -2.04. The van der Waals surface area contributed by atoms with Crippen molar-refractivity contribution in [1.82, 2.24) is 0 Å². The summed E-state index contributed by atoms with van der Waals surface area (Å²) < 4.78 is 0. The summed E-state index contributed by atoms with van der Waals surface area (Å²) in [5, 5.41) is 8.80. The number of aliphatic hydroxyl groups excluding tert-OH is 1. The highest BCUT2D eigenvalue weighted by atomic mass is 16.3. The van der Waals surface area contributed by atoms with Crippen molar-refractivity contribution in [2.45, 2.75) is 39.2 Å². The Balaban J connectivity index is 3.11. The van der Waals surface area contributed by atoms with Crippen LogP contribution in [0.25, 0.3) is 0 Å². The predicted molar refractivity (Wildman–Crippen MR) is 40.8 cm³/mol. The van der Waals surface area contributed by atoms with Gasteiger partial charge in [0.05, 0.1) is 0 Å². The van der Waals surface area contributed by atoms with Crippen LogP contribution in [0.15, 0.2) is 0 Å². The molecule has 0 bridgehead atoms. The first-order valence-electron chi connectivity index (χ1n) is 3.80. The Morgan fingerprint density at radius 2 is 2.00 bits per heavy atom. The van der Waals surface area contributed by atoms with E-state index in [1.807, 2.05) is 0 Å². The van der Waals surface area contributed by atoms with Gasteiger partial charge in [-0.05, 0) is 12.3 Å². The number of hydrogen-bond acceptors (Lipinski definition) is 2. The van der Waals surface area contributed by atoms with Crippen LogP contribution in [0, 0.1) is 5.92 Å². The van der Waals surface area contributed by atoms with Crippen molar-refractivity contribution < 1.29 is 9.90 Å². The molecule has 1 atom stereocenters. The van der Waals surface area contributed by atoms with Gasteiger partial charge >= 0.3 is 0 Å². The van der Waals surface area contributed by atoms with E-state index in [0.29, 0.717) is 18.6 Å². The topological polar surface area (TPSA) is 37.3 Å². The Bertz CT molecular complexity index is 89.3. The summed E-state index contributed by atoms with van der Waals surface area (Å²) in [5.41, 5.74) is 0. The van der Waals surface area contributed by atoms with Crippen molar-refractivity contribution >= 4 is 6.29 Å². The van der Waals surface area contributed by atoms with Gasteiger partial charge in [-0.1, -0.05) is 26.7 Å². The van der Waals surface area contributed by atoms with Gasteiger partial charge in [0.2, 0.25) is 0 Å². The van der Waals surface area contributed by atoms with Crippen LogP contribution in [0.1, 0.15) is 33.1 Å². The molecule has 0 spiro atoms. The first-order chi connectivity index (χ1) is 4.66. The molecule has 0 aliphatic rings. The largest absolute Gasteiger partial charge is 0.386 e. The summed E-state index contributed by atoms with van der Waals surface area (Å²) in [7, 11) is 0. The number of aldehydes is 1. The Labute approximate surface area is 62.2 Å². The van der Waals surface area contributed by atoms with Gasteiger partial charge in [0.25, 0.3) is 0 Å². The standard InChI is InChI=1S/C8H16O2/c1-7(2)4-3-5-8(10)6-9/h6-8,10H,3-5H2,1-2H3. The molecule has 0 saturated carbocycles. The van der Waals surface area contributed by atoms with Crippen LogP contribution < -0.4 is 0 Å². The molecule has 0 aromatic carbocycles. The second-order valence-electron chi connectivity index (χ2n) is 3.03. The molecule has 0 radical (unpaired) electrons. The quantitative estimate of drug-likeness (QED) is 0.592. The lowest BCUT2D eigenvalue weighted by molar-refractivity contribution is -0.115. The average Bonchev–Trinajstić information content (AvgIpc) is 1.87. The van der Waals surface area contributed by atoms with Crippen molar-refractivity contribution in [2.24, 2.45) is 5.92 Å². The molecular weight excluding hydrogens is 128 g/mol. The van der Waals surface area contributed by atoms with Crippen LogP contribution in [0.2, 0.25) is 0 Å². The van der Waals surface area contributed by atoms with Gasteiger partial charge in [-0.15, -0.1) is 0 Å². The third-order valence-electron chi connectivity index (χ3n) is 1.44. The van der Waals surface area contributed by atoms with Gasteiger partial charge in [0, 0.05) is 0 Å². The monoisotopic (exact) mass is 144 g/mol. The molecule has 0 aliphatic heterocycles. The first-order valence-corrected chi connectivity index (χ1v) is 3.80. The van der Waals surface area contributed by atoms with E-state index in [0.717, 1.165) is 12.8 Å². The fourth-order valence-electron chi connectivity index (χ4n) is 0.803. The predicted octanol–water partition coefficient (Wildman–Crippen LogP) is 1.37. The Hall–Kier alpha value is -0.370. The Morgan fingerprint density at radius 1 is 1.40 bits per heavy atom. The van der Waals surface area contributed by atoms with Crippen LogP contribution in [0.4, 0.5) is 0 Å². The zero-order valence-electron chi connectivity index (χ0n) is 6.71. The SMILES string of the molecule is CC(C)CCCC(O)C=O. The minimum atomic E-state index is -0.737. The number of carbonyl (C=O) groups excluding carboxylic acids is 1. The van der Waals surface area contributed by atoms with Crippen molar-refractivity contribution in [1.29, 1.82) is 0 Å². The summed E-state index contributed by atoms with van der Waals surface area (Å²) in [6.45, 7) is 4.26. The van der Waals surface area contributed by atoms with Crippen LogP contribution >= 0.6 is 0 Å². The Morgan fingerprint density at radius 3 is 2.40 bits per heavy atom. The van der Waals surface area contributed by atoms with Crippen molar-refractivity contribution in [3.05, 3.63) is 0 Å². The van der Waals surface area contributed by atoms with Crippen molar-refractivity contribution in [3.8, 4) is 0 Å². The van der Waals surface area contributed by atoms with Gasteiger partial charge in [-0.3, -0.25) is 0 Å². The smallest absolute Gasteiger partial charge is 0.148 e. The molecule has 2 heteroatoms. The highest BCUT2D eigenvalue weighted by Gasteiger charge is 2.01. The van der Waals surface area contributed by atoms with Gasteiger partial charge in [-0.2, -0.15) is 0 Å². The van der Waals surface area contributed by atoms with E-state index in [9.17, 15) is 4.79 Å². The van der Waals surface area contributed by atoms with Gasteiger partial charge in [-0.25, -0.2) is 0 Å². The molecule has 0 fully saturated rings. The second-order valence-corrected chi connectivity index (χ2v) is 3.03. The van der Waals surface area contributed by atoms with Crippen molar-refractivity contribution in [2.75, 3.05) is 0 Å². The van der Waals surface area contributed by atoms with E-state index in [1.54, 1.807) is 0 Å². The van der Waals surface area contributed by atoms with E-state index in [4.69, 9.17) is 5.11 Å². The zero-order chi connectivity index (χ0) is 7.98. The summed E-state index contributed by atoms with van der Waals surface area (Å²) >= 11 is 0. The lowest BCUT2D eigenvalue weighted by Crippen LogP contribution is -2.07. The first kappa shape index (κ1) is 9.63. The zero-order valence-corrected chi connectivity index (χ0v) is 6.71. The molecule has 0 amide bonds. The third kappa shape index (κ3) is 5.76. The fraction of sp³-hybridized carbons (Fsp3) is 0.875. The molecule has 1 N–H and O–H groups in total. The average molecular weight is 144 g/mol. The van der Waals surface area contributed by atoms with Crippen molar-refractivity contribution in [3.63, 3.8) is 0 Å². The van der Waals surface area contributed by atoms with E-state index in [-0.39, 0.29) is 0 Å². The van der Waals surface area contributed by atoms with Crippen LogP contribution in [0.3, 0.4) is 0 Å². The summed E-state index contributed by atoms with van der Waals surface area (Å²) in [4.78, 5) is 9.93. The van der Waals surface area contributed by atoms with Gasteiger partial charge in [0.15, 0.2) is 0 Å². The maximum atomic E-state index is 9.93. The van der Waals surface area contributed by atoms with E-state index >= 15 is 0 Å². The maximum Gasteiger partial charge on any atom is 0.148 e. The fourth-order valence-corrected chi connectivity index (χ4v) is 0.803. The summed E-state index contributed by atoms with van der Waals surface area (Å²) in [5.74, 6) is 0.666. The molecule has 0 saturated heterocycles.